The van der Waals surface area contributed by atoms with Crippen molar-refractivity contribution in [3.05, 3.63) is 0 Å². The number of hydrogen-bond donors (Lipinski definition) is 2. The van der Waals surface area contributed by atoms with Gasteiger partial charge in [-0.1, -0.05) is 19.0 Å². The Kier molecular flexibility index (Phi) is 6.28. The van der Waals surface area contributed by atoms with Gasteiger partial charge in [0.25, 0.3) is 0 Å². The van der Waals surface area contributed by atoms with Gasteiger partial charge in [-0.3, -0.25) is 0 Å². The van der Waals surface area contributed by atoms with Gasteiger partial charge in [-0.2, -0.15) is 0 Å². The third-order valence-corrected chi connectivity index (χ3v) is 2.37. The molecule has 0 aromatic rings. The average Bonchev–Trinajstić information content (AvgIpc) is 2.15. The minimum atomic E-state index is 0.106. The van der Waals surface area contributed by atoms with E-state index in [1.54, 1.807) is 0 Å². The van der Waals surface area contributed by atoms with Gasteiger partial charge in [0.1, 0.15) is 5.84 Å². The normalized spacial score (nSPS) is 15.1. The van der Waals surface area contributed by atoms with E-state index >= 15 is 0 Å². The monoisotopic (exact) mass is 201 g/mol. The molecule has 0 spiro atoms. The number of amidine groups is 1. The minimum absolute atomic E-state index is 0.106. The smallest absolute Gasteiger partial charge is 0.143 e. The third kappa shape index (κ3) is 4.46. The van der Waals surface area contributed by atoms with E-state index in [1.165, 1.54) is 0 Å². The fourth-order valence-electron chi connectivity index (χ4n) is 1.39. The predicted octanol–water partition coefficient (Wildman–Crippen LogP) is 1.49. The molecule has 0 aliphatic rings. The van der Waals surface area contributed by atoms with Crippen LogP contribution in [0.5, 0.6) is 0 Å². The number of nitrogens with two attached hydrogens (primary N) is 1. The minimum Gasteiger partial charge on any atom is -0.409 e. The van der Waals surface area contributed by atoms with Gasteiger partial charge in [-0.05, 0) is 26.8 Å². The molecule has 84 valence electrons. The molecule has 14 heavy (non-hydrogen) atoms. The molecule has 0 saturated carbocycles. The molecule has 0 aliphatic carbocycles. The second-order valence-electron chi connectivity index (χ2n) is 4.01. The molecular weight excluding hydrogens is 178 g/mol. The van der Waals surface area contributed by atoms with Gasteiger partial charge in [0.2, 0.25) is 0 Å². The summed E-state index contributed by atoms with van der Waals surface area (Å²) >= 11 is 0. The maximum Gasteiger partial charge on any atom is 0.143 e. The molecule has 0 heterocycles. The topological polar surface area (TPSA) is 61.8 Å². The summed E-state index contributed by atoms with van der Waals surface area (Å²) in [6, 6.07) is 0.504. The van der Waals surface area contributed by atoms with E-state index in [2.05, 4.69) is 30.8 Å². The summed E-state index contributed by atoms with van der Waals surface area (Å²) in [6.07, 6.45) is 1.13. The lowest BCUT2D eigenvalue weighted by Crippen LogP contribution is -2.39. The van der Waals surface area contributed by atoms with Crippen LogP contribution in [-0.2, 0) is 0 Å². The van der Waals surface area contributed by atoms with Crippen molar-refractivity contribution in [3.63, 3.8) is 0 Å². The third-order valence-electron chi connectivity index (χ3n) is 2.37. The molecule has 0 amide bonds. The Hall–Kier alpha value is -0.770. The first-order chi connectivity index (χ1) is 6.52. The molecule has 3 N–H and O–H groups in total. The van der Waals surface area contributed by atoms with E-state index in [0.717, 1.165) is 19.5 Å². The molecule has 0 aliphatic heterocycles. The summed E-state index contributed by atoms with van der Waals surface area (Å²) in [5, 5.41) is 11.6. The van der Waals surface area contributed by atoms with Gasteiger partial charge < -0.3 is 15.8 Å². The van der Waals surface area contributed by atoms with Crippen LogP contribution in [0.15, 0.2) is 5.16 Å². The molecule has 4 nitrogen and oxygen atoms in total. The van der Waals surface area contributed by atoms with Gasteiger partial charge in [-0.15, -0.1) is 0 Å². The second kappa shape index (κ2) is 6.65. The molecule has 0 bridgehead atoms. The molecule has 0 saturated heterocycles. The van der Waals surface area contributed by atoms with Gasteiger partial charge in [0.05, 0.1) is 0 Å². The summed E-state index contributed by atoms with van der Waals surface area (Å²) in [6.45, 7) is 10.4. The highest BCUT2D eigenvalue weighted by molar-refractivity contribution is 5.82. The Morgan fingerprint density at radius 3 is 2.36 bits per heavy atom. The fraction of sp³-hybridized carbons (Fsp3) is 0.900. The Bertz CT molecular complexity index is 180. The van der Waals surface area contributed by atoms with E-state index in [-0.39, 0.29) is 5.92 Å². The fourth-order valence-corrected chi connectivity index (χ4v) is 1.39. The van der Waals surface area contributed by atoms with Crippen molar-refractivity contribution < 1.29 is 5.21 Å². The number of nitrogens with zero attached hydrogens (tertiary/aromatic N) is 2. The maximum atomic E-state index is 8.53. The van der Waals surface area contributed by atoms with E-state index in [0.29, 0.717) is 11.9 Å². The molecule has 0 aromatic heterocycles. The predicted molar refractivity (Wildman–Crippen MR) is 59.6 cm³/mol. The van der Waals surface area contributed by atoms with Crippen molar-refractivity contribution in [1.82, 2.24) is 4.90 Å². The van der Waals surface area contributed by atoms with Crippen molar-refractivity contribution in [2.45, 2.75) is 40.2 Å². The molecule has 0 rings (SSSR count). The van der Waals surface area contributed by atoms with Crippen LogP contribution < -0.4 is 5.73 Å². The largest absolute Gasteiger partial charge is 0.409 e. The van der Waals surface area contributed by atoms with Gasteiger partial charge in [0, 0.05) is 18.5 Å². The standard InChI is InChI=1S/C10H23N3O/c1-5-6-13(8(2)3)7-9(4)10(11)12-14/h8-9,14H,5-7H2,1-4H3,(H2,11,12). The van der Waals surface area contributed by atoms with Crippen LogP contribution >= 0.6 is 0 Å². The summed E-state index contributed by atoms with van der Waals surface area (Å²) in [7, 11) is 0. The number of hydrogen-bond acceptors (Lipinski definition) is 3. The molecular formula is C10H23N3O. The Morgan fingerprint density at radius 2 is 2.00 bits per heavy atom. The highest BCUT2D eigenvalue weighted by atomic mass is 16.4. The summed E-state index contributed by atoms with van der Waals surface area (Å²) in [5.41, 5.74) is 5.53. The van der Waals surface area contributed by atoms with Gasteiger partial charge in [-0.25, -0.2) is 0 Å². The van der Waals surface area contributed by atoms with Crippen molar-refractivity contribution in [2.24, 2.45) is 16.8 Å². The second-order valence-corrected chi connectivity index (χ2v) is 4.01. The first-order valence-corrected chi connectivity index (χ1v) is 5.24. The zero-order chi connectivity index (χ0) is 11.1. The Balaban J connectivity index is 4.15. The van der Waals surface area contributed by atoms with Crippen molar-refractivity contribution in [1.29, 1.82) is 0 Å². The van der Waals surface area contributed by atoms with Crippen LogP contribution in [0.2, 0.25) is 0 Å². The summed E-state index contributed by atoms with van der Waals surface area (Å²) in [4.78, 5) is 2.34. The molecule has 0 radical (unpaired) electrons. The van der Waals surface area contributed by atoms with Crippen molar-refractivity contribution >= 4 is 5.84 Å². The molecule has 1 unspecified atom stereocenters. The van der Waals surface area contributed by atoms with Gasteiger partial charge >= 0.3 is 0 Å². The first-order valence-electron chi connectivity index (χ1n) is 5.24. The highest BCUT2D eigenvalue weighted by Crippen LogP contribution is 2.05. The van der Waals surface area contributed by atoms with Crippen LogP contribution in [0, 0.1) is 5.92 Å². The molecule has 0 aromatic carbocycles. The Labute approximate surface area is 86.8 Å². The summed E-state index contributed by atoms with van der Waals surface area (Å²) < 4.78 is 0. The number of oxime groups is 1. The van der Waals surface area contributed by atoms with Crippen molar-refractivity contribution in [3.8, 4) is 0 Å². The quantitative estimate of drug-likeness (QED) is 0.296. The lowest BCUT2D eigenvalue weighted by molar-refractivity contribution is 0.207. The lowest BCUT2D eigenvalue weighted by Gasteiger charge is -2.28. The zero-order valence-electron chi connectivity index (χ0n) is 9.70. The molecule has 4 heteroatoms. The van der Waals surface area contributed by atoms with E-state index in [4.69, 9.17) is 10.9 Å². The van der Waals surface area contributed by atoms with Crippen LogP contribution in [0.25, 0.3) is 0 Å². The van der Waals surface area contributed by atoms with E-state index < -0.39 is 0 Å². The van der Waals surface area contributed by atoms with Gasteiger partial charge in [0.15, 0.2) is 0 Å². The van der Waals surface area contributed by atoms with Crippen LogP contribution in [0.3, 0.4) is 0 Å². The average molecular weight is 201 g/mol. The van der Waals surface area contributed by atoms with Crippen molar-refractivity contribution in [2.75, 3.05) is 13.1 Å². The molecule has 1 atom stereocenters. The Morgan fingerprint density at radius 1 is 1.43 bits per heavy atom. The van der Waals surface area contributed by atoms with Crippen LogP contribution in [-0.4, -0.2) is 35.1 Å². The highest BCUT2D eigenvalue weighted by Gasteiger charge is 2.15. The lowest BCUT2D eigenvalue weighted by atomic mass is 10.1. The first kappa shape index (κ1) is 13.2. The van der Waals surface area contributed by atoms with E-state index in [1.807, 2.05) is 6.92 Å². The van der Waals surface area contributed by atoms with Crippen LogP contribution in [0.1, 0.15) is 34.1 Å². The maximum absolute atomic E-state index is 8.53. The molecule has 0 fully saturated rings. The SMILES string of the molecule is CCCN(CC(C)/C(N)=N/O)C(C)C. The summed E-state index contributed by atoms with van der Waals surface area (Å²) in [5.74, 6) is 0.417. The zero-order valence-corrected chi connectivity index (χ0v) is 9.70. The van der Waals surface area contributed by atoms with E-state index in [9.17, 15) is 0 Å². The van der Waals surface area contributed by atoms with Crippen LogP contribution in [0.4, 0.5) is 0 Å². The number of rotatable bonds is 6.